The van der Waals surface area contributed by atoms with Crippen molar-refractivity contribution in [3.05, 3.63) is 77.2 Å². The minimum absolute atomic E-state index is 0.110. The Bertz CT molecular complexity index is 2040. The van der Waals surface area contributed by atoms with E-state index in [1.807, 2.05) is 48.5 Å². The van der Waals surface area contributed by atoms with Crippen LogP contribution in [0.15, 0.2) is 48.5 Å². The van der Waals surface area contributed by atoms with Gasteiger partial charge in [0.2, 0.25) is 0 Å². The fourth-order valence-electron chi connectivity index (χ4n) is 9.47. The van der Waals surface area contributed by atoms with Crippen molar-refractivity contribution in [1.29, 1.82) is 0 Å². The van der Waals surface area contributed by atoms with Crippen LogP contribution < -0.4 is 0 Å². The summed E-state index contributed by atoms with van der Waals surface area (Å²) in [4.78, 5) is 59.7. The molecule has 1 saturated carbocycles. The Hall–Kier alpha value is -4.32. The summed E-state index contributed by atoms with van der Waals surface area (Å²) in [5, 5.41) is 6.95. The molecule has 1 fully saturated rings. The first-order valence-corrected chi connectivity index (χ1v) is 19.7. The Labute approximate surface area is 300 Å². The summed E-state index contributed by atoms with van der Waals surface area (Å²) in [6.07, 6.45) is 18.6. The van der Waals surface area contributed by atoms with Gasteiger partial charge in [-0.15, -0.1) is 0 Å². The molecular weight excluding hydrogens is 633 g/mol. The van der Waals surface area contributed by atoms with Crippen LogP contribution in [0.5, 0.6) is 0 Å². The number of benzene rings is 5. The number of unbranched alkanes of at least 4 members (excludes halogenated alkanes) is 6. The molecule has 5 aromatic rings. The molecule has 3 aliphatic rings. The van der Waals surface area contributed by atoms with Crippen molar-refractivity contribution in [2.24, 2.45) is 5.92 Å². The lowest BCUT2D eigenvalue weighted by atomic mass is 9.81. The van der Waals surface area contributed by atoms with Crippen molar-refractivity contribution in [3.8, 4) is 0 Å². The van der Waals surface area contributed by atoms with Crippen molar-refractivity contribution in [3.63, 3.8) is 0 Å². The highest BCUT2D eigenvalue weighted by Crippen LogP contribution is 2.46. The topological polar surface area (TPSA) is 74.8 Å². The first-order valence-electron chi connectivity index (χ1n) is 19.7. The van der Waals surface area contributed by atoms with E-state index >= 15 is 0 Å². The largest absolute Gasteiger partial charge is 0.274 e. The van der Waals surface area contributed by atoms with Gasteiger partial charge in [0.25, 0.3) is 23.6 Å². The van der Waals surface area contributed by atoms with E-state index in [1.54, 1.807) is 4.90 Å². The molecule has 263 valence electrons. The second-order valence-corrected chi connectivity index (χ2v) is 15.3. The zero-order valence-electron chi connectivity index (χ0n) is 30.2. The lowest BCUT2D eigenvalue weighted by Crippen LogP contribution is -2.47. The van der Waals surface area contributed by atoms with Crippen LogP contribution in [0, 0.1) is 12.3 Å². The third-order valence-electron chi connectivity index (χ3n) is 12.2. The lowest BCUT2D eigenvalue weighted by Gasteiger charge is -2.35. The van der Waals surface area contributed by atoms with Gasteiger partial charge in [-0.2, -0.15) is 0 Å². The van der Waals surface area contributed by atoms with Gasteiger partial charge in [-0.1, -0.05) is 122 Å². The summed E-state index contributed by atoms with van der Waals surface area (Å²) < 4.78 is 0. The van der Waals surface area contributed by atoms with Gasteiger partial charge in [-0.3, -0.25) is 29.0 Å². The minimum atomic E-state index is -0.241. The minimum Gasteiger partial charge on any atom is -0.274 e. The van der Waals surface area contributed by atoms with Gasteiger partial charge in [0, 0.05) is 45.6 Å². The van der Waals surface area contributed by atoms with Gasteiger partial charge in [0.05, 0.1) is 0 Å². The molecule has 2 aliphatic heterocycles. The third kappa shape index (κ3) is 5.61. The third-order valence-corrected chi connectivity index (χ3v) is 12.2. The monoisotopic (exact) mass is 681 g/mol. The van der Waals surface area contributed by atoms with Crippen LogP contribution in [0.4, 0.5) is 0 Å². The zero-order valence-corrected chi connectivity index (χ0v) is 30.2. The number of imide groups is 2. The van der Waals surface area contributed by atoms with Gasteiger partial charge in [-0.25, -0.2) is 0 Å². The normalized spacial score (nSPS) is 16.8. The summed E-state index contributed by atoms with van der Waals surface area (Å²) in [6.45, 7) is 4.73. The second kappa shape index (κ2) is 14.0. The average Bonchev–Trinajstić information content (AvgIpc) is 3.15. The first-order chi connectivity index (χ1) is 24.9. The van der Waals surface area contributed by atoms with Crippen LogP contribution in [0.3, 0.4) is 0 Å². The molecule has 5 aromatic carbocycles. The number of fused-ring (bicyclic) bond motifs is 2. The molecule has 0 bridgehead atoms. The van der Waals surface area contributed by atoms with Crippen molar-refractivity contribution in [2.45, 2.75) is 116 Å². The summed E-state index contributed by atoms with van der Waals surface area (Å²) in [5.41, 5.74) is 2.28. The van der Waals surface area contributed by atoms with Crippen LogP contribution in [-0.2, 0) is 0 Å². The molecule has 0 N–H and O–H groups in total. The fourth-order valence-corrected chi connectivity index (χ4v) is 9.47. The molecule has 1 radical (unpaired) electrons. The highest BCUT2D eigenvalue weighted by molar-refractivity contribution is 6.41. The van der Waals surface area contributed by atoms with E-state index in [9.17, 15) is 19.2 Å². The van der Waals surface area contributed by atoms with Gasteiger partial charge < -0.3 is 0 Å². The van der Waals surface area contributed by atoms with Gasteiger partial charge in [0.1, 0.15) is 0 Å². The number of amides is 4. The smallest absolute Gasteiger partial charge is 0.261 e. The predicted molar refractivity (Wildman–Crippen MR) is 206 cm³/mol. The molecule has 2 heterocycles. The molecule has 0 unspecified atom stereocenters. The Morgan fingerprint density at radius 2 is 0.980 bits per heavy atom. The molecule has 1 aliphatic carbocycles. The molecule has 6 nitrogen and oxygen atoms in total. The van der Waals surface area contributed by atoms with E-state index in [0.29, 0.717) is 40.1 Å². The predicted octanol–water partition coefficient (Wildman–Crippen LogP) is 11.0. The Balaban J connectivity index is 1.20. The SMILES string of the molecule is CCCCCCC(CCCCCC)N1C(=O)c2ccc3c4ccc5c6c(ccc(c7ccc(c2c37)C1=O)c64)C(=O)N(C[CH]C1CCCCC1)C5=O. The zero-order chi connectivity index (χ0) is 35.2. The molecule has 0 saturated heterocycles. The molecule has 4 amide bonds. The highest BCUT2D eigenvalue weighted by Gasteiger charge is 2.39. The van der Waals surface area contributed by atoms with E-state index < -0.39 is 0 Å². The fraction of sp³-hybridized carbons (Fsp3) is 0.444. The van der Waals surface area contributed by atoms with E-state index in [-0.39, 0.29) is 29.7 Å². The molecular formula is C45H49N2O4. The van der Waals surface area contributed by atoms with E-state index in [1.165, 1.54) is 24.2 Å². The Kier molecular flexibility index (Phi) is 9.29. The van der Waals surface area contributed by atoms with Gasteiger partial charge >= 0.3 is 0 Å². The van der Waals surface area contributed by atoms with Crippen LogP contribution >= 0.6 is 0 Å². The van der Waals surface area contributed by atoms with Crippen molar-refractivity contribution >= 4 is 66.7 Å². The van der Waals surface area contributed by atoms with Crippen molar-refractivity contribution in [2.75, 3.05) is 6.54 Å². The van der Waals surface area contributed by atoms with Gasteiger partial charge in [-0.05, 0) is 81.8 Å². The van der Waals surface area contributed by atoms with Crippen molar-refractivity contribution in [1.82, 2.24) is 9.80 Å². The first kappa shape index (κ1) is 33.8. The summed E-state index contributed by atoms with van der Waals surface area (Å²) in [7, 11) is 0. The molecule has 0 aromatic heterocycles. The number of rotatable bonds is 14. The van der Waals surface area contributed by atoms with Crippen LogP contribution in [0.1, 0.15) is 152 Å². The summed E-state index contributed by atoms with van der Waals surface area (Å²) >= 11 is 0. The van der Waals surface area contributed by atoms with E-state index in [2.05, 4.69) is 20.3 Å². The molecule has 0 spiro atoms. The average molecular weight is 682 g/mol. The Morgan fingerprint density at radius 3 is 1.41 bits per heavy atom. The molecule has 8 rings (SSSR count). The maximum absolute atomic E-state index is 14.4. The van der Waals surface area contributed by atoms with Crippen molar-refractivity contribution < 1.29 is 19.2 Å². The van der Waals surface area contributed by atoms with Crippen LogP contribution in [0.2, 0.25) is 0 Å². The Morgan fingerprint density at radius 1 is 0.549 bits per heavy atom. The van der Waals surface area contributed by atoms with Crippen LogP contribution in [-0.4, -0.2) is 46.0 Å². The molecule has 51 heavy (non-hydrogen) atoms. The number of nitrogens with zero attached hydrogens (tertiary/aromatic N) is 2. The van der Waals surface area contributed by atoms with E-state index in [0.717, 1.165) is 115 Å². The summed E-state index contributed by atoms with van der Waals surface area (Å²) in [6, 6.07) is 15.4. The maximum Gasteiger partial charge on any atom is 0.261 e. The number of carbonyl (C=O) groups is 4. The number of carbonyl (C=O) groups excluding carboxylic acids is 4. The lowest BCUT2D eigenvalue weighted by molar-refractivity contribution is 0.0515. The highest BCUT2D eigenvalue weighted by atomic mass is 16.2. The second-order valence-electron chi connectivity index (χ2n) is 15.3. The standard InChI is InChI=1S/C45H49N2O4/c1-3-5-7-12-16-29(17-13-8-6-4-2)47-44(50)36-24-20-32-30-18-22-34-40-35(43(49)46(42(34)48)27-26-28-14-10-9-11-15-28)23-19-31(38(30)40)33-21-25-37(45(47)51)41(36)39(32)33/h18-26,28-29H,3-17,27H2,1-2H3. The maximum atomic E-state index is 14.4. The van der Waals surface area contributed by atoms with Crippen LogP contribution in [0.25, 0.3) is 43.1 Å². The van der Waals surface area contributed by atoms with E-state index in [4.69, 9.17) is 0 Å². The van der Waals surface area contributed by atoms with Gasteiger partial charge in [0.15, 0.2) is 0 Å². The molecule has 6 heteroatoms. The molecule has 0 atom stereocenters. The number of hydrogen-bond donors (Lipinski definition) is 0. The number of hydrogen-bond acceptors (Lipinski definition) is 4. The quantitative estimate of drug-likeness (QED) is 0.0506. The summed E-state index contributed by atoms with van der Waals surface area (Å²) in [5.74, 6) is -0.416.